The molecule has 8 nitrogen and oxygen atoms in total. The lowest BCUT2D eigenvalue weighted by Gasteiger charge is -2.35. The van der Waals surface area contributed by atoms with Crippen LogP contribution in [0, 0.1) is 12.8 Å². The Balaban J connectivity index is 1.55. The van der Waals surface area contributed by atoms with Gasteiger partial charge in [-0.25, -0.2) is 4.98 Å². The van der Waals surface area contributed by atoms with Gasteiger partial charge in [0, 0.05) is 19.2 Å². The van der Waals surface area contributed by atoms with E-state index in [1.165, 1.54) is 0 Å². The van der Waals surface area contributed by atoms with Crippen LogP contribution in [0.25, 0.3) is 0 Å². The highest BCUT2D eigenvalue weighted by Crippen LogP contribution is 2.20. The van der Waals surface area contributed by atoms with Crippen molar-refractivity contribution in [2.45, 2.75) is 39.3 Å². The van der Waals surface area contributed by atoms with Gasteiger partial charge in [0.2, 0.25) is 5.91 Å². The number of piperidine rings is 1. The number of amides is 1. The monoisotopic (exact) mass is 318 g/mol. The maximum absolute atomic E-state index is 12.4. The van der Waals surface area contributed by atoms with Crippen molar-refractivity contribution in [2.75, 3.05) is 18.4 Å². The molecule has 0 unspecified atom stereocenters. The molecule has 1 aliphatic rings. The molecule has 1 amide bonds. The number of rotatable bonds is 5. The molecule has 1 N–H and O–H groups in total. The third-order valence-corrected chi connectivity index (χ3v) is 4.27. The van der Waals surface area contributed by atoms with Crippen molar-refractivity contribution < 1.29 is 9.32 Å². The first-order chi connectivity index (χ1) is 11.1. The number of nitrogens with one attached hydrogen (secondary N) is 1. The first-order valence-corrected chi connectivity index (χ1v) is 7.92. The molecule has 1 fully saturated rings. The highest BCUT2D eigenvalue weighted by molar-refractivity contribution is 5.93. The van der Waals surface area contributed by atoms with Gasteiger partial charge in [-0.15, -0.1) is 0 Å². The molecule has 0 bridgehead atoms. The Hall–Kier alpha value is -2.22. The van der Waals surface area contributed by atoms with Crippen LogP contribution < -0.4 is 5.32 Å². The predicted molar refractivity (Wildman–Crippen MR) is 83.7 cm³/mol. The molecule has 3 heterocycles. The normalized spacial score (nSPS) is 20.3. The molecule has 0 radical (unpaired) electrons. The third kappa shape index (κ3) is 3.95. The predicted octanol–water partition coefficient (Wildman–Crippen LogP) is 1.31. The molecule has 2 aromatic rings. The van der Waals surface area contributed by atoms with E-state index in [0.717, 1.165) is 32.5 Å². The Morgan fingerprint density at radius 2 is 2.43 bits per heavy atom. The lowest BCUT2D eigenvalue weighted by molar-refractivity contribution is -0.121. The highest BCUT2D eigenvalue weighted by atomic mass is 16.5. The van der Waals surface area contributed by atoms with Crippen molar-refractivity contribution >= 4 is 11.7 Å². The number of carbonyl (C=O) groups is 1. The summed E-state index contributed by atoms with van der Waals surface area (Å²) in [6.45, 7) is 6.38. The summed E-state index contributed by atoms with van der Waals surface area (Å²) in [6, 6.07) is 1.51. The van der Waals surface area contributed by atoms with Gasteiger partial charge in [0.25, 0.3) is 0 Å². The van der Waals surface area contributed by atoms with Crippen LogP contribution in [0.1, 0.15) is 25.5 Å². The standard InChI is InChI=1S/C15H22N6O2/c1-11-6-14(19-23-11)18-15(22)12(2)20-5-3-4-13(7-20)8-21-10-16-9-17-21/h6,9-10,12-13H,3-5,7-8H2,1-2H3,(H,18,19,22)/t12-,13-/m1/s1. The Labute approximate surface area is 134 Å². The van der Waals surface area contributed by atoms with Gasteiger partial charge in [0.15, 0.2) is 5.82 Å². The number of hydrogen-bond acceptors (Lipinski definition) is 6. The zero-order valence-corrected chi connectivity index (χ0v) is 13.5. The smallest absolute Gasteiger partial charge is 0.242 e. The molecular formula is C15H22N6O2. The molecule has 2 atom stereocenters. The van der Waals surface area contributed by atoms with Crippen molar-refractivity contribution in [3.05, 3.63) is 24.5 Å². The van der Waals surface area contributed by atoms with Crippen LogP contribution in [-0.4, -0.2) is 49.9 Å². The second-order valence-corrected chi connectivity index (χ2v) is 6.11. The molecule has 1 aliphatic heterocycles. The van der Waals surface area contributed by atoms with E-state index in [-0.39, 0.29) is 11.9 Å². The second kappa shape index (κ2) is 6.91. The van der Waals surface area contributed by atoms with Crippen molar-refractivity contribution in [2.24, 2.45) is 5.92 Å². The zero-order chi connectivity index (χ0) is 16.2. The fourth-order valence-electron chi connectivity index (χ4n) is 3.01. The molecule has 2 aromatic heterocycles. The van der Waals surface area contributed by atoms with E-state index in [4.69, 9.17) is 4.52 Å². The number of carbonyl (C=O) groups excluding carboxylic acids is 1. The van der Waals surface area contributed by atoms with Gasteiger partial charge in [0.1, 0.15) is 18.4 Å². The Morgan fingerprint density at radius 1 is 1.57 bits per heavy atom. The van der Waals surface area contributed by atoms with Crippen molar-refractivity contribution in [3.63, 3.8) is 0 Å². The molecule has 23 heavy (non-hydrogen) atoms. The Morgan fingerprint density at radius 3 is 3.13 bits per heavy atom. The summed E-state index contributed by atoms with van der Waals surface area (Å²) in [4.78, 5) is 18.6. The number of aryl methyl sites for hydroxylation is 1. The summed E-state index contributed by atoms with van der Waals surface area (Å²) in [5.74, 6) is 1.57. The molecule has 0 aliphatic carbocycles. The molecule has 1 saturated heterocycles. The van der Waals surface area contributed by atoms with E-state index in [9.17, 15) is 4.79 Å². The van der Waals surface area contributed by atoms with Crippen LogP contribution in [0.15, 0.2) is 23.2 Å². The number of nitrogens with zero attached hydrogens (tertiary/aromatic N) is 5. The van der Waals surface area contributed by atoms with Gasteiger partial charge in [-0.05, 0) is 39.2 Å². The summed E-state index contributed by atoms with van der Waals surface area (Å²) in [7, 11) is 0. The zero-order valence-electron chi connectivity index (χ0n) is 13.5. The molecule has 0 aromatic carbocycles. The van der Waals surface area contributed by atoms with E-state index < -0.39 is 0 Å². The number of aromatic nitrogens is 4. The minimum atomic E-state index is -0.203. The quantitative estimate of drug-likeness (QED) is 0.894. The fourth-order valence-corrected chi connectivity index (χ4v) is 3.01. The van der Waals surface area contributed by atoms with E-state index in [0.29, 0.717) is 17.5 Å². The van der Waals surface area contributed by atoms with Crippen LogP contribution in [-0.2, 0) is 11.3 Å². The largest absolute Gasteiger partial charge is 0.360 e. The number of likely N-dealkylation sites (tertiary alicyclic amines) is 1. The maximum Gasteiger partial charge on any atom is 0.242 e. The maximum atomic E-state index is 12.4. The van der Waals surface area contributed by atoms with Gasteiger partial charge in [-0.1, -0.05) is 5.16 Å². The summed E-state index contributed by atoms with van der Waals surface area (Å²) in [6.07, 6.45) is 5.52. The average Bonchev–Trinajstić information content (AvgIpc) is 3.18. The first kappa shape index (κ1) is 15.7. The fraction of sp³-hybridized carbons (Fsp3) is 0.600. The molecule has 124 valence electrons. The number of hydrogen-bond donors (Lipinski definition) is 1. The molecule has 3 rings (SSSR count). The highest BCUT2D eigenvalue weighted by Gasteiger charge is 2.28. The molecular weight excluding hydrogens is 296 g/mol. The molecule has 0 saturated carbocycles. The third-order valence-electron chi connectivity index (χ3n) is 4.27. The number of anilines is 1. The molecule has 0 spiro atoms. The Kier molecular flexibility index (Phi) is 4.71. The van der Waals surface area contributed by atoms with Crippen LogP contribution in [0.2, 0.25) is 0 Å². The van der Waals surface area contributed by atoms with Gasteiger partial charge in [0.05, 0.1) is 6.04 Å². The summed E-state index contributed by atoms with van der Waals surface area (Å²) < 4.78 is 6.83. The average molecular weight is 318 g/mol. The second-order valence-electron chi connectivity index (χ2n) is 6.11. The summed E-state index contributed by atoms with van der Waals surface area (Å²) in [5.41, 5.74) is 0. The van der Waals surface area contributed by atoms with Gasteiger partial charge in [-0.2, -0.15) is 5.10 Å². The van der Waals surface area contributed by atoms with Crippen LogP contribution in [0.4, 0.5) is 5.82 Å². The van der Waals surface area contributed by atoms with Gasteiger partial charge >= 0.3 is 0 Å². The van der Waals surface area contributed by atoms with E-state index in [1.54, 1.807) is 25.6 Å². The minimum absolute atomic E-state index is 0.0558. The van der Waals surface area contributed by atoms with Crippen LogP contribution >= 0.6 is 0 Å². The van der Waals surface area contributed by atoms with Crippen LogP contribution in [0.5, 0.6) is 0 Å². The SMILES string of the molecule is Cc1cc(NC(=O)[C@@H](C)N2CCC[C@@H](Cn3cncn3)C2)no1. The van der Waals surface area contributed by atoms with Crippen molar-refractivity contribution in [3.8, 4) is 0 Å². The lowest BCUT2D eigenvalue weighted by Crippen LogP contribution is -2.47. The topological polar surface area (TPSA) is 89.1 Å². The van der Waals surface area contributed by atoms with Gasteiger partial charge in [-0.3, -0.25) is 14.4 Å². The lowest BCUT2D eigenvalue weighted by atomic mass is 9.96. The Bertz CT molecular complexity index is 638. The van der Waals surface area contributed by atoms with E-state index in [2.05, 4.69) is 25.5 Å². The van der Waals surface area contributed by atoms with E-state index in [1.807, 2.05) is 11.6 Å². The van der Waals surface area contributed by atoms with Crippen molar-refractivity contribution in [1.29, 1.82) is 0 Å². The van der Waals surface area contributed by atoms with Gasteiger partial charge < -0.3 is 9.84 Å². The minimum Gasteiger partial charge on any atom is -0.360 e. The van der Waals surface area contributed by atoms with E-state index >= 15 is 0 Å². The summed E-state index contributed by atoms with van der Waals surface area (Å²) in [5, 5.41) is 10.8. The summed E-state index contributed by atoms with van der Waals surface area (Å²) >= 11 is 0. The van der Waals surface area contributed by atoms with Crippen LogP contribution in [0.3, 0.4) is 0 Å². The molecule has 8 heteroatoms. The first-order valence-electron chi connectivity index (χ1n) is 7.92. The van der Waals surface area contributed by atoms with Crippen molar-refractivity contribution in [1.82, 2.24) is 24.8 Å².